The van der Waals surface area contributed by atoms with E-state index in [0.717, 1.165) is 34.6 Å². The van der Waals surface area contributed by atoms with E-state index in [4.69, 9.17) is 14.0 Å². The second-order valence-electron chi connectivity index (χ2n) is 7.17. The maximum Gasteiger partial charge on any atom is 0.310 e. The van der Waals surface area contributed by atoms with E-state index >= 15 is 0 Å². The van der Waals surface area contributed by atoms with E-state index in [2.05, 4.69) is 10.5 Å². The van der Waals surface area contributed by atoms with Crippen LogP contribution < -0.4 is 10.1 Å². The number of rotatable bonds is 9. The van der Waals surface area contributed by atoms with Gasteiger partial charge in [-0.1, -0.05) is 36.3 Å². The summed E-state index contributed by atoms with van der Waals surface area (Å²) in [6.07, 6.45) is 0.949. The zero-order valence-corrected chi connectivity index (χ0v) is 17.9. The molecular formula is C24H26N2O5. The van der Waals surface area contributed by atoms with Crippen molar-refractivity contribution in [3.05, 3.63) is 76.7 Å². The van der Waals surface area contributed by atoms with Crippen molar-refractivity contribution < 1.29 is 23.6 Å². The van der Waals surface area contributed by atoms with Crippen LogP contribution in [0.4, 0.5) is 5.69 Å². The molecule has 3 aromatic rings. The van der Waals surface area contributed by atoms with Crippen molar-refractivity contribution in [2.75, 3.05) is 11.9 Å². The third-order valence-electron chi connectivity index (χ3n) is 4.82. The third-order valence-corrected chi connectivity index (χ3v) is 4.82. The van der Waals surface area contributed by atoms with Crippen molar-refractivity contribution in [3.8, 4) is 5.75 Å². The maximum atomic E-state index is 12.1. The van der Waals surface area contributed by atoms with Crippen molar-refractivity contribution in [2.45, 2.75) is 40.2 Å². The summed E-state index contributed by atoms with van der Waals surface area (Å²) in [7, 11) is 0. The second-order valence-corrected chi connectivity index (χ2v) is 7.17. The van der Waals surface area contributed by atoms with Gasteiger partial charge < -0.3 is 19.3 Å². The summed E-state index contributed by atoms with van der Waals surface area (Å²) in [6.45, 7) is 5.79. The first-order valence-corrected chi connectivity index (χ1v) is 10.1. The summed E-state index contributed by atoms with van der Waals surface area (Å²) < 4.78 is 16.0. The number of benzene rings is 2. The number of aromatic nitrogens is 1. The molecule has 0 fully saturated rings. The lowest BCUT2D eigenvalue weighted by atomic mass is 10.1. The molecule has 162 valence electrons. The molecule has 0 atom stereocenters. The first-order valence-electron chi connectivity index (χ1n) is 10.1. The zero-order chi connectivity index (χ0) is 22.2. The lowest BCUT2D eigenvalue weighted by Gasteiger charge is -2.09. The van der Waals surface area contributed by atoms with Crippen molar-refractivity contribution in [3.63, 3.8) is 0 Å². The van der Waals surface area contributed by atoms with E-state index in [9.17, 15) is 9.59 Å². The Labute approximate surface area is 181 Å². The number of nitrogens with one attached hydrogen (secondary N) is 1. The van der Waals surface area contributed by atoms with E-state index in [0.29, 0.717) is 18.0 Å². The van der Waals surface area contributed by atoms with E-state index < -0.39 is 5.97 Å². The van der Waals surface area contributed by atoms with Gasteiger partial charge in [-0.05, 0) is 55.7 Å². The predicted molar refractivity (Wildman–Crippen MR) is 116 cm³/mol. The summed E-state index contributed by atoms with van der Waals surface area (Å²) in [5.74, 6) is 0.566. The number of amides is 1. The van der Waals surface area contributed by atoms with Gasteiger partial charge in [-0.2, -0.15) is 0 Å². The molecule has 0 saturated heterocycles. The molecule has 1 aromatic heterocycles. The highest BCUT2D eigenvalue weighted by Crippen LogP contribution is 2.18. The molecule has 3 rings (SSSR count). The van der Waals surface area contributed by atoms with Crippen LogP contribution in [-0.2, 0) is 33.8 Å². The number of hydrogen-bond acceptors (Lipinski definition) is 6. The molecule has 0 saturated carbocycles. The molecule has 0 bridgehead atoms. The monoisotopic (exact) mass is 422 g/mol. The summed E-state index contributed by atoms with van der Waals surface area (Å²) in [5.41, 5.74) is 4.30. The molecule has 0 aliphatic heterocycles. The fourth-order valence-electron chi connectivity index (χ4n) is 3.00. The molecule has 0 radical (unpaired) electrons. The van der Waals surface area contributed by atoms with Crippen LogP contribution in [0.2, 0.25) is 0 Å². The lowest BCUT2D eigenvalue weighted by molar-refractivity contribution is -0.146. The predicted octanol–water partition coefficient (Wildman–Crippen LogP) is 4.16. The first kappa shape index (κ1) is 22.1. The standard InChI is InChI=1S/C24H26N2O5/c1-4-18-6-5-7-20(12-18)25-23(27)15-30-24(28)13-19-8-10-21(11-9-19)29-14-22-16(2)26-31-17(22)3/h5-12H,4,13-15H2,1-3H3,(H,25,27). The normalized spacial score (nSPS) is 10.5. The van der Waals surface area contributed by atoms with Crippen LogP contribution in [0.1, 0.15) is 35.1 Å². The number of carbonyl (C=O) groups excluding carboxylic acids is 2. The minimum Gasteiger partial charge on any atom is -0.489 e. The number of esters is 1. The molecule has 1 N–H and O–H groups in total. The topological polar surface area (TPSA) is 90.7 Å². The van der Waals surface area contributed by atoms with Gasteiger partial charge in [0.15, 0.2) is 6.61 Å². The highest BCUT2D eigenvalue weighted by Gasteiger charge is 2.11. The minimum absolute atomic E-state index is 0.0722. The maximum absolute atomic E-state index is 12.1. The van der Waals surface area contributed by atoms with Gasteiger partial charge in [0.2, 0.25) is 0 Å². The lowest BCUT2D eigenvalue weighted by Crippen LogP contribution is -2.21. The molecule has 0 unspecified atom stereocenters. The van der Waals surface area contributed by atoms with Gasteiger partial charge >= 0.3 is 5.97 Å². The minimum atomic E-state index is -0.471. The Hall–Kier alpha value is -3.61. The van der Waals surface area contributed by atoms with E-state index in [1.165, 1.54) is 0 Å². The highest BCUT2D eigenvalue weighted by molar-refractivity contribution is 5.92. The Morgan fingerprint density at radius 1 is 1.06 bits per heavy atom. The Bertz CT molecular complexity index is 1020. The SMILES string of the molecule is CCc1cccc(NC(=O)COC(=O)Cc2ccc(OCc3c(C)noc3C)cc2)c1. The third kappa shape index (κ3) is 6.44. The molecule has 1 heterocycles. The van der Waals surface area contributed by atoms with Crippen LogP contribution in [0.3, 0.4) is 0 Å². The summed E-state index contributed by atoms with van der Waals surface area (Å²) in [5, 5.41) is 6.63. The number of aryl methyl sites for hydroxylation is 3. The highest BCUT2D eigenvalue weighted by atomic mass is 16.5. The molecule has 7 nitrogen and oxygen atoms in total. The molecule has 1 amide bonds. The Morgan fingerprint density at radius 3 is 2.52 bits per heavy atom. The second kappa shape index (κ2) is 10.4. The molecule has 0 aliphatic rings. The van der Waals surface area contributed by atoms with Gasteiger partial charge in [0, 0.05) is 5.69 Å². The average molecular weight is 422 g/mol. The molecular weight excluding hydrogens is 396 g/mol. The van der Waals surface area contributed by atoms with Crippen LogP contribution >= 0.6 is 0 Å². The van der Waals surface area contributed by atoms with Gasteiger partial charge in [-0.15, -0.1) is 0 Å². The van der Waals surface area contributed by atoms with Crippen LogP contribution in [-0.4, -0.2) is 23.6 Å². The largest absolute Gasteiger partial charge is 0.489 e. The van der Waals surface area contributed by atoms with Crippen LogP contribution in [0.5, 0.6) is 5.75 Å². The van der Waals surface area contributed by atoms with Gasteiger partial charge in [0.25, 0.3) is 5.91 Å². The summed E-state index contributed by atoms with van der Waals surface area (Å²) in [6, 6.07) is 14.7. The van der Waals surface area contributed by atoms with Gasteiger partial charge in [0.1, 0.15) is 18.1 Å². The van der Waals surface area contributed by atoms with Crippen molar-refractivity contribution in [1.29, 1.82) is 0 Å². The molecule has 31 heavy (non-hydrogen) atoms. The average Bonchev–Trinajstić information content (AvgIpc) is 3.09. The van der Waals surface area contributed by atoms with Gasteiger partial charge in [-0.3, -0.25) is 9.59 Å². The molecule has 0 spiro atoms. The van der Waals surface area contributed by atoms with Crippen LogP contribution in [0, 0.1) is 13.8 Å². The van der Waals surface area contributed by atoms with Gasteiger partial charge in [-0.25, -0.2) is 0 Å². The van der Waals surface area contributed by atoms with Crippen LogP contribution in [0.25, 0.3) is 0 Å². The number of nitrogens with zero attached hydrogens (tertiary/aromatic N) is 1. The Kier molecular flexibility index (Phi) is 7.43. The Balaban J connectivity index is 1.43. The zero-order valence-electron chi connectivity index (χ0n) is 17.9. The van der Waals surface area contributed by atoms with Gasteiger partial charge in [0.05, 0.1) is 17.7 Å². The first-order chi connectivity index (χ1) is 14.9. The molecule has 0 aliphatic carbocycles. The quantitative estimate of drug-likeness (QED) is 0.521. The molecule has 7 heteroatoms. The number of hydrogen-bond donors (Lipinski definition) is 1. The van der Waals surface area contributed by atoms with Crippen molar-refractivity contribution >= 4 is 17.6 Å². The summed E-state index contributed by atoms with van der Waals surface area (Å²) >= 11 is 0. The van der Waals surface area contributed by atoms with Crippen LogP contribution in [0.15, 0.2) is 53.1 Å². The smallest absolute Gasteiger partial charge is 0.310 e. The summed E-state index contributed by atoms with van der Waals surface area (Å²) in [4.78, 5) is 24.1. The van der Waals surface area contributed by atoms with E-state index in [1.807, 2.05) is 39.0 Å². The Morgan fingerprint density at radius 2 is 1.84 bits per heavy atom. The number of anilines is 1. The fourth-order valence-corrected chi connectivity index (χ4v) is 3.00. The van der Waals surface area contributed by atoms with Crippen molar-refractivity contribution in [2.24, 2.45) is 0 Å². The number of ether oxygens (including phenoxy) is 2. The molecule has 2 aromatic carbocycles. The van der Waals surface area contributed by atoms with E-state index in [1.54, 1.807) is 30.3 Å². The van der Waals surface area contributed by atoms with Crippen molar-refractivity contribution in [1.82, 2.24) is 5.16 Å². The number of carbonyl (C=O) groups is 2. The van der Waals surface area contributed by atoms with E-state index in [-0.39, 0.29) is 18.9 Å². The fraction of sp³-hybridized carbons (Fsp3) is 0.292.